The fourth-order valence-corrected chi connectivity index (χ4v) is 2.33. The molecule has 0 spiro atoms. The fraction of sp³-hybridized carbons (Fsp3) is 1.00. The first-order valence-electron chi connectivity index (χ1n) is 4.33. The quantitative estimate of drug-likeness (QED) is 0.537. The van der Waals surface area contributed by atoms with Gasteiger partial charge in [0.15, 0.2) is 0 Å². The highest BCUT2D eigenvalue weighted by molar-refractivity contribution is 5.12. The van der Waals surface area contributed by atoms with E-state index in [0.29, 0.717) is 6.10 Å². The number of aliphatic hydroxyl groups is 1. The molecule has 2 aliphatic rings. The van der Waals surface area contributed by atoms with Crippen LogP contribution in [-0.2, 0) is 4.74 Å². The Kier molecular flexibility index (Phi) is 1.24. The standard InChI is InChI=1S/C9H16O2/c1-8(2)6(10)4-5-9(3)7(8)11-9/h6-7,10H,4-5H2,1-3H3. The molecule has 64 valence electrons. The van der Waals surface area contributed by atoms with Crippen molar-refractivity contribution >= 4 is 0 Å². The monoisotopic (exact) mass is 156 g/mol. The smallest absolute Gasteiger partial charge is 0.0946 e. The zero-order chi connectivity index (χ0) is 8.28. The molecule has 1 saturated heterocycles. The number of fused-ring (bicyclic) bond motifs is 1. The van der Waals surface area contributed by atoms with E-state index in [-0.39, 0.29) is 17.1 Å². The van der Waals surface area contributed by atoms with Gasteiger partial charge in [0.05, 0.1) is 17.8 Å². The van der Waals surface area contributed by atoms with E-state index in [9.17, 15) is 5.11 Å². The van der Waals surface area contributed by atoms with Gasteiger partial charge in [-0.25, -0.2) is 0 Å². The van der Waals surface area contributed by atoms with Crippen LogP contribution in [0, 0.1) is 5.41 Å². The Hall–Kier alpha value is -0.0800. The molecule has 11 heavy (non-hydrogen) atoms. The van der Waals surface area contributed by atoms with E-state index in [1.165, 1.54) is 0 Å². The second-order valence-corrected chi connectivity index (χ2v) is 4.69. The van der Waals surface area contributed by atoms with Crippen molar-refractivity contribution in [1.82, 2.24) is 0 Å². The summed E-state index contributed by atoms with van der Waals surface area (Å²) in [6, 6.07) is 0. The summed E-state index contributed by atoms with van der Waals surface area (Å²) in [6.07, 6.45) is 2.02. The van der Waals surface area contributed by atoms with Gasteiger partial charge in [-0.3, -0.25) is 0 Å². The summed E-state index contributed by atoms with van der Waals surface area (Å²) in [5, 5.41) is 9.67. The summed E-state index contributed by atoms with van der Waals surface area (Å²) in [6.45, 7) is 6.32. The van der Waals surface area contributed by atoms with Gasteiger partial charge in [0.2, 0.25) is 0 Å². The molecule has 0 bridgehead atoms. The van der Waals surface area contributed by atoms with E-state index in [2.05, 4.69) is 20.8 Å². The minimum absolute atomic E-state index is 0.0347. The molecule has 3 unspecified atom stereocenters. The molecular weight excluding hydrogens is 140 g/mol. The first kappa shape index (κ1) is 7.56. The van der Waals surface area contributed by atoms with Crippen molar-refractivity contribution in [1.29, 1.82) is 0 Å². The van der Waals surface area contributed by atoms with Crippen molar-refractivity contribution in [2.75, 3.05) is 0 Å². The molecule has 3 atom stereocenters. The van der Waals surface area contributed by atoms with E-state index in [0.717, 1.165) is 12.8 Å². The number of aliphatic hydroxyl groups excluding tert-OH is 1. The third-order valence-corrected chi connectivity index (χ3v) is 3.33. The molecule has 2 nitrogen and oxygen atoms in total. The lowest BCUT2D eigenvalue weighted by atomic mass is 9.71. The van der Waals surface area contributed by atoms with Gasteiger partial charge in [-0.2, -0.15) is 0 Å². The Morgan fingerprint density at radius 2 is 2.00 bits per heavy atom. The van der Waals surface area contributed by atoms with Crippen molar-refractivity contribution in [2.24, 2.45) is 5.41 Å². The van der Waals surface area contributed by atoms with E-state index in [1.54, 1.807) is 0 Å². The minimum atomic E-state index is -0.178. The second-order valence-electron chi connectivity index (χ2n) is 4.69. The lowest BCUT2D eigenvalue weighted by molar-refractivity contribution is 0.0144. The van der Waals surface area contributed by atoms with Gasteiger partial charge in [-0.1, -0.05) is 13.8 Å². The second kappa shape index (κ2) is 1.80. The van der Waals surface area contributed by atoms with Gasteiger partial charge in [-0.15, -0.1) is 0 Å². The molecule has 2 heteroatoms. The van der Waals surface area contributed by atoms with Crippen molar-refractivity contribution in [3.8, 4) is 0 Å². The first-order chi connectivity index (χ1) is 4.97. The van der Waals surface area contributed by atoms with Crippen LogP contribution in [0.4, 0.5) is 0 Å². The summed E-state index contributed by atoms with van der Waals surface area (Å²) < 4.78 is 5.59. The van der Waals surface area contributed by atoms with Crippen molar-refractivity contribution in [3.05, 3.63) is 0 Å². The molecule has 0 aromatic carbocycles. The topological polar surface area (TPSA) is 32.8 Å². The Morgan fingerprint density at radius 1 is 1.36 bits per heavy atom. The number of hydrogen-bond donors (Lipinski definition) is 1. The van der Waals surface area contributed by atoms with E-state index in [4.69, 9.17) is 4.74 Å². The Balaban J connectivity index is 2.20. The van der Waals surface area contributed by atoms with Crippen molar-refractivity contribution in [3.63, 3.8) is 0 Å². The largest absolute Gasteiger partial charge is 0.392 e. The van der Waals surface area contributed by atoms with Crippen LogP contribution in [0.5, 0.6) is 0 Å². The molecule has 1 N–H and O–H groups in total. The van der Waals surface area contributed by atoms with Crippen molar-refractivity contribution < 1.29 is 9.84 Å². The number of epoxide rings is 1. The van der Waals surface area contributed by atoms with E-state index >= 15 is 0 Å². The van der Waals surface area contributed by atoms with Gasteiger partial charge in [0.1, 0.15) is 0 Å². The molecule has 1 aliphatic carbocycles. The van der Waals surface area contributed by atoms with Crippen LogP contribution in [0.15, 0.2) is 0 Å². The molecule has 1 aliphatic heterocycles. The maximum absolute atomic E-state index is 9.67. The van der Waals surface area contributed by atoms with Crippen LogP contribution in [0.2, 0.25) is 0 Å². The summed E-state index contributed by atoms with van der Waals surface area (Å²) in [4.78, 5) is 0. The first-order valence-corrected chi connectivity index (χ1v) is 4.33. The molecular formula is C9H16O2. The molecule has 1 heterocycles. The average Bonchev–Trinajstić information content (AvgIpc) is 2.57. The molecule has 2 rings (SSSR count). The Bertz CT molecular complexity index is 188. The van der Waals surface area contributed by atoms with Crippen molar-refractivity contribution in [2.45, 2.75) is 51.4 Å². The Morgan fingerprint density at radius 3 is 2.55 bits per heavy atom. The Labute approximate surface area is 67.6 Å². The van der Waals surface area contributed by atoms with E-state index < -0.39 is 0 Å². The molecule has 0 aromatic rings. The van der Waals surface area contributed by atoms with Gasteiger partial charge in [-0.05, 0) is 19.8 Å². The van der Waals surface area contributed by atoms with Crippen LogP contribution < -0.4 is 0 Å². The number of ether oxygens (including phenoxy) is 1. The normalized spacial score (nSPS) is 53.5. The third-order valence-electron chi connectivity index (χ3n) is 3.33. The highest BCUT2D eigenvalue weighted by Crippen LogP contribution is 2.55. The molecule has 0 amide bonds. The predicted molar refractivity (Wildman–Crippen MR) is 42.3 cm³/mol. The summed E-state index contributed by atoms with van der Waals surface area (Å²) in [5.41, 5.74) is 0.0652. The number of hydrogen-bond acceptors (Lipinski definition) is 2. The van der Waals surface area contributed by atoms with Gasteiger partial charge >= 0.3 is 0 Å². The van der Waals surface area contributed by atoms with Crippen LogP contribution in [0.1, 0.15) is 33.6 Å². The maximum Gasteiger partial charge on any atom is 0.0946 e. The van der Waals surface area contributed by atoms with Crippen LogP contribution in [0.3, 0.4) is 0 Å². The van der Waals surface area contributed by atoms with Gasteiger partial charge < -0.3 is 9.84 Å². The molecule has 0 radical (unpaired) electrons. The van der Waals surface area contributed by atoms with Gasteiger partial charge in [0.25, 0.3) is 0 Å². The average molecular weight is 156 g/mol. The number of rotatable bonds is 0. The van der Waals surface area contributed by atoms with E-state index in [1.807, 2.05) is 0 Å². The molecule has 1 saturated carbocycles. The molecule has 0 aromatic heterocycles. The summed E-state index contributed by atoms with van der Waals surface area (Å²) in [5.74, 6) is 0. The predicted octanol–water partition coefficient (Wildman–Crippen LogP) is 1.32. The highest BCUT2D eigenvalue weighted by atomic mass is 16.6. The SMILES string of the molecule is CC12CCC(O)C(C)(C)C1O2. The molecule has 2 fully saturated rings. The highest BCUT2D eigenvalue weighted by Gasteiger charge is 2.64. The minimum Gasteiger partial charge on any atom is -0.392 e. The summed E-state index contributed by atoms with van der Waals surface area (Å²) in [7, 11) is 0. The zero-order valence-electron chi connectivity index (χ0n) is 7.42. The fourth-order valence-electron chi connectivity index (χ4n) is 2.33. The van der Waals surface area contributed by atoms with Crippen LogP contribution in [0.25, 0.3) is 0 Å². The third kappa shape index (κ3) is 0.859. The van der Waals surface area contributed by atoms with Crippen LogP contribution >= 0.6 is 0 Å². The maximum atomic E-state index is 9.67. The zero-order valence-corrected chi connectivity index (χ0v) is 7.42. The van der Waals surface area contributed by atoms with Crippen LogP contribution in [-0.4, -0.2) is 22.9 Å². The summed E-state index contributed by atoms with van der Waals surface area (Å²) >= 11 is 0. The van der Waals surface area contributed by atoms with Gasteiger partial charge in [0, 0.05) is 5.41 Å². The lowest BCUT2D eigenvalue weighted by Crippen LogP contribution is -2.42. The lowest BCUT2D eigenvalue weighted by Gasteiger charge is -2.34.